The number of nitriles is 1. The molecule has 5 nitrogen and oxygen atoms in total. The molecular weight excluding hydrogens is 314 g/mol. The lowest BCUT2D eigenvalue weighted by Gasteiger charge is -2.13. The van der Waals surface area contributed by atoms with Crippen molar-refractivity contribution in [2.45, 2.75) is 26.8 Å². The largest absolute Gasteiger partial charge is 0.490 e. The van der Waals surface area contributed by atoms with Crippen molar-refractivity contribution in [3.63, 3.8) is 0 Å². The number of nitrogens with one attached hydrogen (secondary N) is 1. The number of pyridine rings is 1. The molecule has 2 aromatic rings. The van der Waals surface area contributed by atoms with Crippen LogP contribution in [0.4, 0.5) is 0 Å². The molecular formula is C20H23N3O2. The molecule has 0 saturated heterocycles. The number of hydrogen-bond acceptors (Lipinski definition) is 5. The zero-order valence-electron chi connectivity index (χ0n) is 14.7. The summed E-state index contributed by atoms with van der Waals surface area (Å²) in [6, 6.07) is 11.2. The minimum atomic E-state index is 0.423. The first-order chi connectivity index (χ1) is 12.1. The van der Waals surface area contributed by atoms with Crippen molar-refractivity contribution >= 4 is 0 Å². The number of ether oxygens (including phenoxy) is 2. The third kappa shape index (κ3) is 5.94. The molecule has 1 heterocycles. The Hall–Kier alpha value is -2.84. The number of hydrogen-bond donors (Lipinski definition) is 1. The fraction of sp³-hybridized carbons (Fsp3) is 0.300. The Bertz CT molecular complexity index is 749. The minimum absolute atomic E-state index is 0.423. The molecule has 0 radical (unpaired) electrons. The molecule has 5 heteroatoms. The normalized spacial score (nSPS) is 10.1. The smallest absolute Gasteiger partial charge is 0.219 e. The Labute approximate surface area is 148 Å². The first-order valence-corrected chi connectivity index (χ1v) is 8.27. The second-order valence-electron chi connectivity index (χ2n) is 5.70. The molecule has 0 bridgehead atoms. The third-order valence-electron chi connectivity index (χ3n) is 3.45. The van der Waals surface area contributed by atoms with Gasteiger partial charge in [0.2, 0.25) is 5.88 Å². The van der Waals surface area contributed by atoms with Gasteiger partial charge < -0.3 is 14.8 Å². The van der Waals surface area contributed by atoms with E-state index in [1.54, 1.807) is 12.1 Å². The molecule has 1 aromatic carbocycles. The van der Waals surface area contributed by atoms with Crippen LogP contribution in [0.25, 0.3) is 0 Å². The molecule has 130 valence electrons. The van der Waals surface area contributed by atoms with Gasteiger partial charge in [-0.3, -0.25) is 0 Å². The van der Waals surface area contributed by atoms with Gasteiger partial charge in [0.25, 0.3) is 0 Å². The molecule has 1 aromatic heterocycles. The molecule has 0 fully saturated rings. The zero-order chi connectivity index (χ0) is 18.1. The highest BCUT2D eigenvalue weighted by Gasteiger charge is 2.09. The Morgan fingerprint density at radius 2 is 2.12 bits per heavy atom. The molecule has 0 unspecified atom stereocenters. The van der Waals surface area contributed by atoms with E-state index in [-0.39, 0.29) is 0 Å². The van der Waals surface area contributed by atoms with Crippen LogP contribution in [-0.4, -0.2) is 18.1 Å². The maximum atomic E-state index is 8.82. The number of rotatable bonds is 9. The van der Waals surface area contributed by atoms with Crippen LogP contribution < -0.4 is 14.8 Å². The van der Waals surface area contributed by atoms with Crippen molar-refractivity contribution in [3.8, 4) is 23.4 Å². The predicted octanol–water partition coefficient (Wildman–Crippen LogP) is 4.20. The zero-order valence-corrected chi connectivity index (χ0v) is 14.7. The molecule has 0 aliphatic carbocycles. The lowest BCUT2D eigenvalue weighted by Crippen LogP contribution is -2.14. The molecule has 2 rings (SSSR count). The van der Waals surface area contributed by atoms with Crippen molar-refractivity contribution in [2.24, 2.45) is 0 Å². The van der Waals surface area contributed by atoms with Crippen molar-refractivity contribution in [3.05, 3.63) is 59.8 Å². The van der Waals surface area contributed by atoms with Gasteiger partial charge in [-0.25, -0.2) is 4.98 Å². The number of nitrogens with zero attached hydrogens (tertiary/aromatic N) is 2. The van der Waals surface area contributed by atoms with Gasteiger partial charge >= 0.3 is 0 Å². The van der Waals surface area contributed by atoms with Crippen LogP contribution in [0.15, 0.2) is 48.7 Å². The maximum Gasteiger partial charge on any atom is 0.219 e. The molecule has 0 saturated carbocycles. The van der Waals surface area contributed by atoms with E-state index in [0.29, 0.717) is 29.5 Å². The third-order valence-corrected chi connectivity index (χ3v) is 3.45. The summed E-state index contributed by atoms with van der Waals surface area (Å²) in [5.41, 5.74) is 2.78. The summed E-state index contributed by atoms with van der Waals surface area (Å²) < 4.78 is 11.5. The topological polar surface area (TPSA) is 67.2 Å². The van der Waals surface area contributed by atoms with Gasteiger partial charge in [0, 0.05) is 18.8 Å². The van der Waals surface area contributed by atoms with E-state index >= 15 is 0 Å². The van der Waals surface area contributed by atoms with Crippen LogP contribution in [0.2, 0.25) is 0 Å². The van der Waals surface area contributed by atoms with E-state index < -0.39 is 0 Å². The van der Waals surface area contributed by atoms with E-state index in [9.17, 15) is 0 Å². The van der Waals surface area contributed by atoms with E-state index in [2.05, 4.69) is 16.9 Å². The fourth-order valence-corrected chi connectivity index (χ4v) is 2.17. The van der Waals surface area contributed by atoms with Crippen molar-refractivity contribution in [1.82, 2.24) is 10.3 Å². The summed E-state index contributed by atoms with van der Waals surface area (Å²) in [4.78, 5) is 4.12. The molecule has 0 aliphatic rings. The highest BCUT2D eigenvalue weighted by molar-refractivity contribution is 5.45. The van der Waals surface area contributed by atoms with Crippen molar-refractivity contribution in [1.29, 1.82) is 5.26 Å². The summed E-state index contributed by atoms with van der Waals surface area (Å²) in [5.74, 6) is 1.70. The average Bonchev–Trinajstić information content (AvgIpc) is 2.61. The molecule has 25 heavy (non-hydrogen) atoms. The van der Waals surface area contributed by atoms with Gasteiger partial charge in [-0.05, 0) is 50.6 Å². The van der Waals surface area contributed by atoms with E-state index in [1.165, 1.54) is 11.8 Å². The predicted molar refractivity (Wildman–Crippen MR) is 97.8 cm³/mol. The van der Waals surface area contributed by atoms with Gasteiger partial charge in [-0.1, -0.05) is 11.6 Å². The highest BCUT2D eigenvalue weighted by atomic mass is 16.5. The Morgan fingerprint density at radius 1 is 1.28 bits per heavy atom. The van der Waals surface area contributed by atoms with Crippen LogP contribution in [0.5, 0.6) is 17.4 Å². The van der Waals surface area contributed by atoms with E-state index in [1.807, 2.05) is 38.1 Å². The number of aromatic nitrogens is 1. The lowest BCUT2D eigenvalue weighted by molar-refractivity contribution is 0.319. The second-order valence-corrected chi connectivity index (χ2v) is 5.70. The summed E-state index contributed by atoms with van der Waals surface area (Å²) in [7, 11) is 0. The molecule has 0 aliphatic heterocycles. The lowest BCUT2D eigenvalue weighted by atomic mass is 10.2. The van der Waals surface area contributed by atoms with Gasteiger partial charge in [-0.15, -0.1) is 6.58 Å². The molecule has 0 atom stereocenters. The summed E-state index contributed by atoms with van der Waals surface area (Å²) >= 11 is 0. The summed E-state index contributed by atoms with van der Waals surface area (Å²) in [6.45, 7) is 10.1. The van der Waals surface area contributed by atoms with Crippen LogP contribution in [0.3, 0.4) is 0 Å². The average molecular weight is 337 g/mol. The summed E-state index contributed by atoms with van der Waals surface area (Å²) in [6.07, 6.45) is 2.44. The van der Waals surface area contributed by atoms with Crippen LogP contribution >= 0.6 is 0 Å². The maximum absolute atomic E-state index is 8.82. The van der Waals surface area contributed by atoms with Gasteiger partial charge in [0.1, 0.15) is 6.07 Å². The van der Waals surface area contributed by atoms with E-state index in [4.69, 9.17) is 14.7 Å². The van der Waals surface area contributed by atoms with Crippen LogP contribution in [-0.2, 0) is 6.54 Å². The molecule has 0 amide bonds. The fourth-order valence-electron chi connectivity index (χ4n) is 2.17. The van der Waals surface area contributed by atoms with Gasteiger partial charge in [-0.2, -0.15) is 5.26 Å². The Morgan fingerprint density at radius 3 is 2.76 bits per heavy atom. The Balaban J connectivity index is 2.06. The SMILES string of the molecule is C=C(C)CCNCc1ccc(Oc2ccc(C#N)cn2)c(OCC)c1. The van der Waals surface area contributed by atoms with Crippen LogP contribution in [0, 0.1) is 11.3 Å². The first kappa shape index (κ1) is 18.5. The monoisotopic (exact) mass is 337 g/mol. The quantitative estimate of drug-likeness (QED) is 0.549. The minimum Gasteiger partial charge on any atom is -0.490 e. The second kappa shape index (κ2) is 9.45. The van der Waals surface area contributed by atoms with Gasteiger partial charge in [0.05, 0.1) is 12.2 Å². The van der Waals surface area contributed by atoms with Crippen molar-refractivity contribution in [2.75, 3.05) is 13.2 Å². The molecule has 1 N–H and O–H groups in total. The van der Waals surface area contributed by atoms with Gasteiger partial charge in [0.15, 0.2) is 11.5 Å². The van der Waals surface area contributed by atoms with E-state index in [0.717, 1.165) is 25.1 Å². The standard InChI is InChI=1S/C20H23N3O2/c1-4-24-19-11-16(13-22-10-9-15(2)3)5-7-18(19)25-20-8-6-17(12-21)14-23-20/h5-8,11,14,22H,2,4,9-10,13H2,1,3H3. The Kier molecular flexibility index (Phi) is 7.00. The first-order valence-electron chi connectivity index (χ1n) is 8.27. The van der Waals surface area contributed by atoms with Crippen molar-refractivity contribution < 1.29 is 9.47 Å². The highest BCUT2D eigenvalue weighted by Crippen LogP contribution is 2.32. The summed E-state index contributed by atoms with van der Waals surface area (Å²) in [5, 5.41) is 12.2. The van der Waals surface area contributed by atoms with Crippen LogP contribution in [0.1, 0.15) is 31.4 Å². The number of benzene rings is 1. The molecule has 0 spiro atoms.